The molecule has 0 unspecified atom stereocenters. The summed E-state index contributed by atoms with van der Waals surface area (Å²) in [5.74, 6) is -0.315. The molecule has 0 saturated heterocycles. The molecule has 0 atom stereocenters. The monoisotopic (exact) mass is 879 g/mol. The van der Waals surface area contributed by atoms with Crippen molar-refractivity contribution < 1.29 is 43.2 Å². The van der Waals surface area contributed by atoms with E-state index in [9.17, 15) is 30.3 Å². The molecule has 0 bridgehead atoms. The van der Waals surface area contributed by atoms with Gasteiger partial charge >= 0.3 is 17.1 Å². The zero-order valence-corrected chi connectivity index (χ0v) is 38.4. The van der Waals surface area contributed by atoms with E-state index in [0.29, 0.717) is 38.5 Å². The number of hydrogen-bond acceptors (Lipinski definition) is 12. The van der Waals surface area contributed by atoms with Gasteiger partial charge in [-0.15, -0.1) is 0 Å². The van der Waals surface area contributed by atoms with Crippen molar-refractivity contribution in [3.8, 4) is 34.5 Å². The van der Waals surface area contributed by atoms with Gasteiger partial charge in [0, 0.05) is 16.2 Å². The summed E-state index contributed by atoms with van der Waals surface area (Å²) in [4.78, 5) is 39.2. The van der Waals surface area contributed by atoms with E-state index in [1.807, 2.05) is 41.5 Å². The highest BCUT2D eigenvalue weighted by Gasteiger charge is 2.38. The molecule has 4 aromatic rings. The van der Waals surface area contributed by atoms with Crippen molar-refractivity contribution in [2.45, 2.75) is 157 Å². The van der Waals surface area contributed by atoms with Crippen LogP contribution in [-0.4, -0.2) is 54.4 Å². The Hall–Kier alpha value is -5.34. The van der Waals surface area contributed by atoms with Gasteiger partial charge in [0.1, 0.15) is 0 Å². The zero-order valence-electron chi connectivity index (χ0n) is 38.4. The smallest absolute Gasteiger partial charge is 0.323 e. The van der Waals surface area contributed by atoms with Crippen LogP contribution >= 0.6 is 0 Å². The summed E-state index contributed by atoms with van der Waals surface area (Å²) >= 11 is 0. The highest BCUT2D eigenvalue weighted by molar-refractivity contribution is 6.33. The Morgan fingerprint density at radius 1 is 0.349 bits per heavy atom. The van der Waals surface area contributed by atoms with E-state index in [0.717, 1.165) is 77.0 Å². The summed E-state index contributed by atoms with van der Waals surface area (Å²) in [5.41, 5.74) is -1.57. The highest BCUT2D eigenvalue weighted by Crippen LogP contribution is 2.57. The van der Waals surface area contributed by atoms with Crippen molar-refractivity contribution in [1.82, 2.24) is 0 Å². The van der Waals surface area contributed by atoms with Crippen LogP contribution in [0.4, 0.5) is 17.1 Å². The Morgan fingerprint density at radius 2 is 0.556 bits per heavy atom. The van der Waals surface area contributed by atoms with Crippen molar-refractivity contribution >= 4 is 49.4 Å². The largest absolute Gasteiger partial charge is 0.489 e. The minimum absolute atomic E-state index is 0.0449. The Labute approximate surface area is 371 Å². The van der Waals surface area contributed by atoms with Crippen LogP contribution in [0, 0.1) is 30.3 Å². The lowest BCUT2D eigenvalue weighted by Gasteiger charge is -2.21. The first kappa shape index (κ1) is 50.3. The number of ether oxygens (including phenoxy) is 6. The second kappa shape index (κ2) is 26.3. The Balaban J connectivity index is 2.37. The number of benzene rings is 4. The molecule has 0 N–H and O–H groups in total. The van der Waals surface area contributed by atoms with E-state index in [2.05, 4.69) is 0 Å². The number of hydrogen-bond donors (Lipinski definition) is 0. The molecule has 0 saturated carbocycles. The standard InChI is InChI=1S/C48H69N3O12/c1-7-13-19-25-58-37-31-34-40(43(49(52)53)46(37)61-28-22-16-10-4)35-32-38(59-26-20-14-8-2)48(63-30-24-18-12-6)45(51(56)57)42(35)36-33-39(60-27-21-15-9-3)47(62-29-23-17-11-5)44(41(34)36)50(54)55/h31-33H,7-30H2,1-6H3. The third-order valence-electron chi connectivity index (χ3n) is 11.0. The molecule has 4 rings (SSSR count). The molecule has 0 radical (unpaired) electrons. The topological polar surface area (TPSA) is 185 Å². The molecule has 0 spiro atoms. The second-order valence-corrected chi connectivity index (χ2v) is 16.0. The van der Waals surface area contributed by atoms with Crippen molar-refractivity contribution in [3.63, 3.8) is 0 Å². The molecular formula is C48H69N3O12. The van der Waals surface area contributed by atoms with Gasteiger partial charge in [-0.2, -0.15) is 0 Å². The number of fused-ring (bicyclic) bond motifs is 6. The molecule has 63 heavy (non-hydrogen) atoms. The number of nitro benzene ring substituents is 3. The number of rotatable bonds is 33. The van der Waals surface area contributed by atoms with Gasteiger partial charge in [-0.3, -0.25) is 30.3 Å². The molecule has 0 aromatic heterocycles. The molecule has 0 aliphatic rings. The lowest BCUT2D eigenvalue weighted by Crippen LogP contribution is -2.09. The molecular weight excluding hydrogens is 811 g/mol. The van der Waals surface area contributed by atoms with Gasteiger partial charge in [-0.25, -0.2) is 0 Å². The fourth-order valence-corrected chi connectivity index (χ4v) is 7.73. The van der Waals surface area contributed by atoms with Gasteiger partial charge in [-0.05, 0) is 56.7 Å². The molecule has 15 heteroatoms. The lowest BCUT2D eigenvalue weighted by atomic mass is 9.90. The molecule has 0 aliphatic heterocycles. The number of nitrogens with zero attached hydrogens (tertiary/aromatic N) is 3. The van der Waals surface area contributed by atoms with Crippen molar-refractivity contribution in [2.24, 2.45) is 0 Å². The van der Waals surface area contributed by atoms with Crippen molar-refractivity contribution in [3.05, 3.63) is 48.5 Å². The van der Waals surface area contributed by atoms with E-state index < -0.39 is 31.8 Å². The van der Waals surface area contributed by atoms with E-state index >= 15 is 0 Å². The van der Waals surface area contributed by atoms with E-state index in [4.69, 9.17) is 28.4 Å². The van der Waals surface area contributed by atoms with E-state index in [1.54, 1.807) is 18.2 Å². The minimum atomic E-state index is -0.594. The lowest BCUT2D eigenvalue weighted by molar-refractivity contribution is -0.384. The summed E-state index contributed by atoms with van der Waals surface area (Å²) in [5, 5.41) is 40.9. The van der Waals surface area contributed by atoms with Crippen LogP contribution in [0.5, 0.6) is 34.5 Å². The first-order valence-electron chi connectivity index (χ1n) is 23.4. The highest BCUT2D eigenvalue weighted by atomic mass is 16.6. The molecule has 0 aliphatic carbocycles. The van der Waals surface area contributed by atoms with Crippen LogP contribution < -0.4 is 28.4 Å². The fourth-order valence-electron chi connectivity index (χ4n) is 7.73. The molecule has 0 heterocycles. The summed E-state index contributed by atoms with van der Waals surface area (Å²) in [6.07, 6.45) is 14.1. The van der Waals surface area contributed by atoms with Crippen LogP contribution in [0.25, 0.3) is 32.3 Å². The van der Waals surface area contributed by atoms with Gasteiger partial charge in [0.25, 0.3) is 0 Å². The molecule has 0 fully saturated rings. The summed E-state index contributed by atoms with van der Waals surface area (Å²) in [6, 6.07) is 4.64. The van der Waals surface area contributed by atoms with Crippen LogP contribution in [0.3, 0.4) is 0 Å². The Kier molecular flexibility index (Phi) is 21.0. The van der Waals surface area contributed by atoms with Gasteiger partial charge in [0.15, 0.2) is 17.2 Å². The maximum atomic E-state index is 13.7. The first-order chi connectivity index (χ1) is 30.6. The second-order valence-electron chi connectivity index (χ2n) is 16.0. The molecule has 15 nitrogen and oxygen atoms in total. The summed E-state index contributed by atoms with van der Waals surface area (Å²) in [7, 11) is 0. The van der Waals surface area contributed by atoms with E-state index in [-0.39, 0.29) is 106 Å². The SMILES string of the molecule is CCCCCOc1cc2c(c([N+](=O)[O-])c1OCCCCC)c1cc(OCCCCC)c(OCCCCC)c([N+](=O)[O-])c1c1cc(OCCCCC)c(OCCCCC)c([N+](=O)[O-])c21. The van der Waals surface area contributed by atoms with Crippen molar-refractivity contribution in [1.29, 1.82) is 0 Å². The third kappa shape index (κ3) is 12.9. The minimum Gasteiger partial charge on any atom is -0.489 e. The van der Waals surface area contributed by atoms with Crippen LogP contribution in [0.15, 0.2) is 18.2 Å². The van der Waals surface area contributed by atoms with Crippen molar-refractivity contribution in [2.75, 3.05) is 39.6 Å². The van der Waals surface area contributed by atoms with Gasteiger partial charge < -0.3 is 28.4 Å². The Bertz CT molecular complexity index is 1870. The first-order valence-corrected chi connectivity index (χ1v) is 23.4. The maximum Gasteiger partial charge on any atom is 0.323 e. The number of nitro groups is 3. The average Bonchev–Trinajstić information content (AvgIpc) is 3.26. The summed E-state index contributed by atoms with van der Waals surface area (Å²) < 4.78 is 37.8. The number of unbranched alkanes of at least 4 members (excludes halogenated alkanes) is 12. The Morgan fingerprint density at radius 3 is 0.746 bits per heavy atom. The van der Waals surface area contributed by atoms with Gasteiger partial charge in [0.05, 0.1) is 70.6 Å². The molecule has 348 valence electrons. The zero-order chi connectivity index (χ0) is 45.7. The average molecular weight is 880 g/mol. The normalized spacial score (nSPS) is 11.3. The van der Waals surface area contributed by atoms with Crippen LogP contribution in [0.1, 0.15) is 157 Å². The van der Waals surface area contributed by atoms with Crippen LogP contribution in [-0.2, 0) is 0 Å². The predicted octanol–water partition coefficient (Wildman–Crippen LogP) is 14.3. The third-order valence-corrected chi connectivity index (χ3v) is 11.0. The van der Waals surface area contributed by atoms with Crippen LogP contribution in [0.2, 0.25) is 0 Å². The van der Waals surface area contributed by atoms with E-state index in [1.165, 1.54) is 0 Å². The summed E-state index contributed by atoms with van der Waals surface area (Å²) in [6.45, 7) is 13.3. The molecule has 0 amide bonds. The van der Waals surface area contributed by atoms with Gasteiger partial charge in [-0.1, -0.05) is 119 Å². The van der Waals surface area contributed by atoms with Gasteiger partial charge in [0.2, 0.25) is 17.2 Å². The molecule has 4 aromatic carbocycles. The predicted molar refractivity (Wildman–Crippen MR) is 249 cm³/mol. The quantitative estimate of drug-likeness (QED) is 0.0191. The fraction of sp³-hybridized carbons (Fsp3) is 0.625. The maximum absolute atomic E-state index is 13.7.